The summed E-state index contributed by atoms with van der Waals surface area (Å²) in [6, 6.07) is 16.1. The second kappa shape index (κ2) is 10.2. The van der Waals surface area contributed by atoms with E-state index in [1.165, 1.54) is 22.7 Å². The van der Waals surface area contributed by atoms with E-state index in [2.05, 4.69) is 46.7 Å². The molecule has 34 heavy (non-hydrogen) atoms. The van der Waals surface area contributed by atoms with Crippen molar-refractivity contribution in [2.75, 3.05) is 39.4 Å². The second-order valence-electron chi connectivity index (χ2n) is 9.35. The van der Waals surface area contributed by atoms with Crippen molar-refractivity contribution in [3.63, 3.8) is 0 Å². The normalized spacial score (nSPS) is 19.1. The predicted octanol–water partition coefficient (Wildman–Crippen LogP) is 3.53. The van der Waals surface area contributed by atoms with Crippen molar-refractivity contribution >= 4 is 21.1 Å². The molecule has 1 aromatic heterocycles. The number of fused-ring (bicyclic) bond motifs is 1. The van der Waals surface area contributed by atoms with Crippen molar-refractivity contribution in [3.05, 3.63) is 59.9 Å². The number of imidazole rings is 1. The van der Waals surface area contributed by atoms with Gasteiger partial charge in [-0.1, -0.05) is 30.3 Å². The number of aromatic nitrogens is 2. The van der Waals surface area contributed by atoms with Crippen molar-refractivity contribution in [3.8, 4) is 0 Å². The average molecular weight is 483 g/mol. The van der Waals surface area contributed by atoms with Crippen LogP contribution in [0.15, 0.2) is 53.4 Å². The van der Waals surface area contributed by atoms with E-state index < -0.39 is 10.0 Å². The molecule has 182 valence electrons. The third-order valence-electron chi connectivity index (χ3n) is 7.16. The lowest BCUT2D eigenvalue weighted by molar-refractivity contribution is 0.0730. The molecule has 2 saturated heterocycles. The summed E-state index contributed by atoms with van der Waals surface area (Å²) in [5.74, 6) is 1.75. The number of rotatable bonds is 7. The SMILES string of the molecule is CCn1c(CN2CCC(Cc3ccccc3)CC2)nc2cc(S(=O)(=O)N3CCOCC3)ccc21. The number of morpholine rings is 1. The zero-order chi connectivity index (χ0) is 23.5. The molecule has 0 saturated carbocycles. The summed E-state index contributed by atoms with van der Waals surface area (Å²) in [7, 11) is -3.53. The van der Waals surface area contributed by atoms with E-state index in [9.17, 15) is 8.42 Å². The first-order valence-electron chi connectivity index (χ1n) is 12.4. The second-order valence-corrected chi connectivity index (χ2v) is 11.3. The summed E-state index contributed by atoms with van der Waals surface area (Å²) in [5.41, 5.74) is 3.18. The number of hydrogen-bond acceptors (Lipinski definition) is 5. The molecule has 0 atom stereocenters. The molecule has 0 amide bonds. The van der Waals surface area contributed by atoms with E-state index >= 15 is 0 Å². The highest BCUT2D eigenvalue weighted by Gasteiger charge is 2.27. The molecule has 8 heteroatoms. The minimum absolute atomic E-state index is 0.316. The number of benzene rings is 2. The van der Waals surface area contributed by atoms with E-state index in [1.54, 1.807) is 12.1 Å². The fourth-order valence-corrected chi connectivity index (χ4v) is 6.65. The zero-order valence-electron chi connectivity index (χ0n) is 19.9. The number of sulfonamides is 1. The van der Waals surface area contributed by atoms with Crippen LogP contribution in [0.25, 0.3) is 11.0 Å². The Hall–Kier alpha value is -2.26. The maximum Gasteiger partial charge on any atom is 0.243 e. The number of aryl methyl sites for hydroxylation is 1. The van der Waals surface area contributed by atoms with Crippen LogP contribution in [0, 0.1) is 5.92 Å². The zero-order valence-corrected chi connectivity index (χ0v) is 20.7. The summed E-state index contributed by atoms with van der Waals surface area (Å²) < 4.78 is 35.2. The van der Waals surface area contributed by atoms with Gasteiger partial charge in [-0.15, -0.1) is 0 Å². The molecule has 7 nitrogen and oxygen atoms in total. The Bertz CT molecular complexity index is 1210. The highest BCUT2D eigenvalue weighted by molar-refractivity contribution is 7.89. The summed E-state index contributed by atoms with van der Waals surface area (Å²) in [6.07, 6.45) is 3.55. The molecule has 2 aliphatic heterocycles. The van der Waals surface area contributed by atoms with Crippen molar-refractivity contribution in [1.82, 2.24) is 18.8 Å². The Labute approximate surface area is 202 Å². The molecule has 5 rings (SSSR count). The van der Waals surface area contributed by atoms with E-state index in [0.717, 1.165) is 55.4 Å². The molecule has 3 heterocycles. The van der Waals surface area contributed by atoms with Crippen LogP contribution >= 0.6 is 0 Å². The number of piperidine rings is 1. The fourth-order valence-electron chi connectivity index (χ4n) is 5.23. The van der Waals surface area contributed by atoms with Crippen molar-refractivity contribution in [2.45, 2.75) is 44.2 Å². The van der Waals surface area contributed by atoms with Crippen LogP contribution in [0.3, 0.4) is 0 Å². The lowest BCUT2D eigenvalue weighted by Crippen LogP contribution is -2.40. The van der Waals surface area contributed by atoms with Gasteiger partial charge in [-0.3, -0.25) is 4.90 Å². The fraction of sp³-hybridized carbons (Fsp3) is 0.500. The van der Waals surface area contributed by atoms with Crippen LogP contribution in [0.1, 0.15) is 31.2 Å². The topological polar surface area (TPSA) is 67.7 Å². The Morgan fingerprint density at radius 3 is 2.44 bits per heavy atom. The van der Waals surface area contributed by atoms with Crippen LogP contribution in [-0.4, -0.2) is 66.6 Å². The summed E-state index contributed by atoms with van der Waals surface area (Å²) >= 11 is 0. The molecular formula is C26H34N4O3S. The highest BCUT2D eigenvalue weighted by Crippen LogP contribution is 2.26. The molecule has 2 aromatic carbocycles. The summed E-state index contributed by atoms with van der Waals surface area (Å²) in [4.78, 5) is 7.70. The maximum atomic E-state index is 13.1. The van der Waals surface area contributed by atoms with Crippen LogP contribution in [-0.2, 0) is 34.3 Å². The molecule has 2 fully saturated rings. The number of nitrogens with zero attached hydrogens (tertiary/aromatic N) is 4. The van der Waals surface area contributed by atoms with E-state index in [0.29, 0.717) is 31.2 Å². The lowest BCUT2D eigenvalue weighted by atomic mass is 9.90. The van der Waals surface area contributed by atoms with Gasteiger partial charge in [0, 0.05) is 19.6 Å². The first-order valence-corrected chi connectivity index (χ1v) is 13.8. The number of likely N-dealkylation sites (tertiary alicyclic amines) is 1. The molecular weight excluding hydrogens is 448 g/mol. The van der Waals surface area contributed by atoms with Gasteiger partial charge in [0.25, 0.3) is 0 Å². The monoisotopic (exact) mass is 482 g/mol. The van der Waals surface area contributed by atoms with E-state index in [1.807, 2.05) is 6.07 Å². The van der Waals surface area contributed by atoms with Crippen molar-refractivity contribution in [2.24, 2.45) is 5.92 Å². The van der Waals surface area contributed by atoms with Gasteiger partial charge in [0.2, 0.25) is 10.0 Å². The van der Waals surface area contributed by atoms with Gasteiger partial charge >= 0.3 is 0 Å². The predicted molar refractivity (Wildman–Crippen MR) is 133 cm³/mol. The molecule has 2 aliphatic rings. The van der Waals surface area contributed by atoms with E-state index in [4.69, 9.17) is 9.72 Å². The van der Waals surface area contributed by atoms with Crippen molar-refractivity contribution < 1.29 is 13.2 Å². The largest absolute Gasteiger partial charge is 0.379 e. The van der Waals surface area contributed by atoms with Gasteiger partial charge in [0.1, 0.15) is 5.82 Å². The summed E-state index contributed by atoms with van der Waals surface area (Å²) in [6.45, 7) is 7.55. The van der Waals surface area contributed by atoms with Gasteiger partial charge in [-0.25, -0.2) is 13.4 Å². The van der Waals surface area contributed by atoms with Crippen LogP contribution < -0.4 is 0 Å². The van der Waals surface area contributed by atoms with Gasteiger partial charge in [-0.2, -0.15) is 4.31 Å². The first kappa shape index (κ1) is 23.5. The maximum absolute atomic E-state index is 13.1. The van der Waals surface area contributed by atoms with Crippen LogP contribution in [0.4, 0.5) is 0 Å². The first-order chi connectivity index (χ1) is 16.5. The van der Waals surface area contributed by atoms with Gasteiger partial charge < -0.3 is 9.30 Å². The lowest BCUT2D eigenvalue weighted by Gasteiger charge is -2.31. The molecule has 0 spiro atoms. The van der Waals surface area contributed by atoms with Gasteiger partial charge in [-0.05, 0) is 69.0 Å². The van der Waals surface area contributed by atoms with E-state index in [-0.39, 0.29) is 0 Å². The highest BCUT2D eigenvalue weighted by atomic mass is 32.2. The molecule has 0 radical (unpaired) electrons. The molecule has 0 bridgehead atoms. The Morgan fingerprint density at radius 1 is 1.00 bits per heavy atom. The number of hydrogen-bond donors (Lipinski definition) is 0. The minimum Gasteiger partial charge on any atom is -0.379 e. The third kappa shape index (κ3) is 4.91. The Morgan fingerprint density at radius 2 is 1.74 bits per heavy atom. The molecule has 0 N–H and O–H groups in total. The number of ether oxygens (including phenoxy) is 1. The van der Waals surface area contributed by atoms with Crippen molar-refractivity contribution in [1.29, 1.82) is 0 Å². The Kier molecular flexibility index (Phi) is 7.01. The summed E-state index contributed by atoms with van der Waals surface area (Å²) in [5, 5.41) is 0. The standard InChI is InChI=1S/C26H34N4O3S/c1-2-30-25-9-8-23(34(31,32)29-14-16-33-17-15-29)19-24(25)27-26(30)20-28-12-10-22(11-13-28)18-21-6-4-3-5-7-21/h3-9,19,22H,2,10-18,20H2,1H3. The smallest absolute Gasteiger partial charge is 0.243 e. The average Bonchev–Trinajstić information content (AvgIpc) is 3.22. The quantitative estimate of drug-likeness (QED) is 0.515. The third-order valence-corrected chi connectivity index (χ3v) is 9.06. The van der Waals surface area contributed by atoms with Crippen LogP contribution in [0.2, 0.25) is 0 Å². The Balaban J connectivity index is 1.29. The van der Waals surface area contributed by atoms with Gasteiger partial charge in [0.15, 0.2) is 0 Å². The molecule has 0 unspecified atom stereocenters. The van der Waals surface area contributed by atoms with Crippen LogP contribution in [0.5, 0.6) is 0 Å². The molecule has 0 aliphatic carbocycles. The minimum atomic E-state index is -3.53. The van der Waals surface area contributed by atoms with Gasteiger partial charge in [0.05, 0.1) is 35.7 Å². The molecule has 3 aromatic rings.